The summed E-state index contributed by atoms with van der Waals surface area (Å²) in [4.78, 5) is 0. The predicted molar refractivity (Wildman–Crippen MR) is 90.9 cm³/mol. The molecule has 4 nitrogen and oxygen atoms in total. The second kappa shape index (κ2) is 13.5. The van der Waals surface area contributed by atoms with Crippen LogP contribution < -0.4 is 48.0 Å². The second-order valence-electron chi connectivity index (χ2n) is 7.93. The Kier molecular flexibility index (Phi) is 14.2. The van der Waals surface area contributed by atoms with Crippen LogP contribution >= 0.6 is 0 Å². The van der Waals surface area contributed by atoms with Crippen molar-refractivity contribution >= 4 is 0 Å². The van der Waals surface area contributed by atoms with Gasteiger partial charge in [0.05, 0.1) is 66.7 Å². The Labute approximate surface area is 183 Å². The zero-order valence-electron chi connectivity index (χ0n) is 15.8. The summed E-state index contributed by atoms with van der Waals surface area (Å²) in [6.45, 7) is 10.9. The van der Waals surface area contributed by atoms with E-state index in [4.69, 9.17) is 9.47 Å². The second-order valence-corrected chi connectivity index (χ2v) is 7.93. The van der Waals surface area contributed by atoms with Crippen molar-refractivity contribution in [3.63, 3.8) is 0 Å². The molecule has 2 fully saturated rings. The normalized spacial score (nSPS) is 22.2. The number of halogens is 2. The summed E-state index contributed by atoms with van der Waals surface area (Å²) in [6.07, 6.45) is 8.38. The number of likely N-dealkylation sites (tertiary alicyclic amines) is 2. The van der Waals surface area contributed by atoms with Gasteiger partial charge in [0.25, 0.3) is 0 Å². The molecule has 0 atom stereocenters. The van der Waals surface area contributed by atoms with Gasteiger partial charge >= 0.3 is 0 Å². The van der Waals surface area contributed by atoms with Crippen molar-refractivity contribution in [2.45, 2.75) is 38.5 Å². The van der Waals surface area contributed by atoms with E-state index in [1.807, 2.05) is 0 Å². The van der Waals surface area contributed by atoms with Gasteiger partial charge in [0.15, 0.2) is 0 Å². The van der Waals surface area contributed by atoms with Crippen molar-refractivity contribution in [2.24, 2.45) is 0 Å². The van der Waals surface area contributed by atoms with E-state index >= 15 is 0 Å². The quantitative estimate of drug-likeness (QED) is 0.162. The van der Waals surface area contributed by atoms with E-state index in [1.165, 1.54) is 73.7 Å². The van der Waals surface area contributed by atoms with Crippen LogP contribution in [0.25, 0.3) is 0 Å². The monoisotopic (exact) mass is 568 g/mol. The van der Waals surface area contributed by atoms with E-state index in [0.717, 1.165) is 39.5 Å². The Balaban J connectivity index is 0.00000264. The number of piperidine rings is 2. The fraction of sp³-hybridized carbons (Fsp3) is 1.00. The van der Waals surface area contributed by atoms with Crippen LogP contribution in [0.1, 0.15) is 38.5 Å². The first-order valence-corrected chi connectivity index (χ1v) is 9.45. The van der Waals surface area contributed by atoms with Crippen LogP contribution in [0, 0.1) is 0 Å². The SMILES string of the molecule is C[N+]1(CCOCCOCC[N+]2(C)CCCCC2)CCCCC1.[I-].[I-]. The van der Waals surface area contributed by atoms with Gasteiger partial charge in [0.1, 0.15) is 13.1 Å². The molecule has 0 aromatic heterocycles. The summed E-state index contributed by atoms with van der Waals surface area (Å²) >= 11 is 0. The molecule has 0 aromatic carbocycles. The predicted octanol–water partition coefficient (Wildman–Crippen LogP) is -3.71. The van der Waals surface area contributed by atoms with Gasteiger partial charge in [-0.2, -0.15) is 0 Å². The van der Waals surface area contributed by atoms with Gasteiger partial charge in [-0.3, -0.25) is 0 Å². The Bertz CT molecular complexity index is 277. The average molecular weight is 568 g/mol. The summed E-state index contributed by atoms with van der Waals surface area (Å²) in [7, 11) is 4.75. The minimum absolute atomic E-state index is 0. The zero-order valence-corrected chi connectivity index (χ0v) is 20.1. The van der Waals surface area contributed by atoms with Gasteiger partial charge in [0, 0.05) is 0 Å². The first-order valence-electron chi connectivity index (χ1n) is 9.45. The maximum atomic E-state index is 5.77. The van der Waals surface area contributed by atoms with Crippen molar-refractivity contribution in [3.05, 3.63) is 0 Å². The Hall–Kier alpha value is 1.30. The van der Waals surface area contributed by atoms with E-state index in [1.54, 1.807) is 0 Å². The molecule has 24 heavy (non-hydrogen) atoms. The van der Waals surface area contributed by atoms with Crippen LogP contribution in [0.4, 0.5) is 0 Å². The molecule has 2 heterocycles. The lowest BCUT2D eigenvalue weighted by Gasteiger charge is -2.37. The number of nitrogens with zero attached hydrogens (tertiary/aromatic N) is 2. The zero-order chi connectivity index (χ0) is 15.7. The topological polar surface area (TPSA) is 18.5 Å². The number of ether oxygens (including phenoxy) is 2. The first-order chi connectivity index (χ1) is 10.6. The summed E-state index contributed by atoms with van der Waals surface area (Å²) in [5.74, 6) is 0. The number of rotatable bonds is 9. The van der Waals surface area contributed by atoms with Crippen LogP contribution in [-0.2, 0) is 9.47 Å². The van der Waals surface area contributed by atoms with Gasteiger partial charge in [-0.25, -0.2) is 0 Å². The van der Waals surface area contributed by atoms with Crippen LogP contribution in [0.5, 0.6) is 0 Å². The Morgan fingerprint density at radius 2 is 0.875 bits per heavy atom. The highest BCUT2D eigenvalue weighted by Crippen LogP contribution is 2.16. The lowest BCUT2D eigenvalue weighted by Crippen LogP contribution is -3.00. The molecule has 2 aliphatic rings. The number of hydrogen-bond acceptors (Lipinski definition) is 2. The van der Waals surface area contributed by atoms with Crippen molar-refractivity contribution in [1.82, 2.24) is 0 Å². The largest absolute Gasteiger partial charge is 1.00 e. The number of quaternary nitrogens is 2. The first kappa shape index (κ1) is 25.3. The highest BCUT2D eigenvalue weighted by Gasteiger charge is 2.25. The van der Waals surface area contributed by atoms with Crippen LogP contribution in [0.3, 0.4) is 0 Å². The van der Waals surface area contributed by atoms with Crippen molar-refractivity contribution in [1.29, 1.82) is 0 Å². The third-order valence-corrected chi connectivity index (χ3v) is 5.71. The van der Waals surface area contributed by atoms with Gasteiger partial charge < -0.3 is 66.4 Å². The van der Waals surface area contributed by atoms with Gasteiger partial charge in [-0.05, 0) is 38.5 Å². The van der Waals surface area contributed by atoms with Crippen LogP contribution in [-0.4, -0.2) is 88.8 Å². The molecule has 2 saturated heterocycles. The molecule has 0 amide bonds. The molecule has 0 N–H and O–H groups in total. The highest BCUT2D eigenvalue weighted by atomic mass is 127. The van der Waals surface area contributed by atoms with E-state index < -0.39 is 0 Å². The molecule has 6 heteroatoms. The summed E-state index contributed by atoms with van der Waals surface area (Å²) < 4.78 is 14.0. The smallest absolute Gasteiger partial charge is 0.102 e. The third-order valence-electron chi connectivity index (χ3n) is 5.71. The summed E-state index contributed by atoms with van der Waals surface area (Å²) in [5.41, 5.74) is 0. The van der Waals surface area contributed by atoms with Gasteiger partial charge in [-0.15, -0.1) is 0 Å². The minimum atomic E-state index is 0. The van der Waals surface area contributed by atoms with E-state index in [-0.39, 0.29) is 48.0 Å². The maximum Gasteiger partial charge on any atom is 0.102 e. The van der Waals surface area contributed by atoms with E-state index in [9.17, 15) is 0 Å². The highest BCUT2D eigenvalue weighted by molar-refractivity contribution is 4.52. The van der Waals surface area contributed by atoms with Gasteiger partial charge in [0.2, 0.25) is 0 Å². The Morgan fingerprint density at radius 1 is 0.542 bits per heavy atom. The maximum absolute atomic E-state index is 5.77. The Morgan fingerprint density at radius 3 is 1.21 bits per heavy atom. The van der Waals surface area contributed by atoms with Crippen molar-refractivity contribution < 1.29 is 66.4 Å². The van der Waals surface area contributed by atoms with Crippen LogP contribution in [0.15, 0.2) is 0 Å². The molecular weight excluding hydrogens is 530 g/mol. The molecule has 2 aliphatic heterocycles. The van der Waals surface area contributed by atoms with Crippen molar-refractivity contribution in [2.75, 3.05) is 79.8 Å². The van der Waals surface area contributed by atoms with Crippen LogP contribution in [0.2, 0.25) is 0 Å². The molecule has 0 radical (unpaired) electrons. The molecule has 0 spiro atoms. The fourth-order valence-corrected chi connectivity index (χ4v) is 3.89. The van der Waals surface area contributed by atoms with E-state index in [0.29, 0.717) is 0 Å². The molecule has 2 rings (SSSR count). The summed E-state index contributed by atoms with van der Waals surface area (Å²) in [5, 5.41) is 0. The molecule has 0 bridgehead atoms. The minimum Gasteiger partial charge on any atom is -1.00 e. The number of hydrogen-bond donors (Lipinski definition) is 0. The van der Waals surface area contributed by atoms with Crippen molar-refractivity contribution in [3.8, 4) is 0 Å². The lowest BCUT2D eigenvalue weighted by atomic mass is 10.1. The molecule has 0 unspecified atom stereocenters. The standard InChI is InChI=1S/C18H38N2O2.2HI/c1-19(9-5-3-6-10-19)13-15-21-17-18-22-16-14-20(2)11-7-4-8-12-20;;/h3-18H2,1-2H3;2*1H/q+2;;/p-2. The molecule has 0 saturated carbocycles. The lowest BCUT2D eigenvalue weighted by molar-refractivity contribution is -0.914. The average Bonchev–Trinajstić information content (AvgIpc) is 2.51. The molecule has 0 aliphatic carbocycles. The van der Waals surface area contributed by atoms with Gasteiger partial charge in [-0.1, -0.05) is 0 Å². The summed E-state index contributed by atoms with van der Waals surface area (Å²) in [6, 6.07) is 0. The number of likely N-dealkylation sites (N-methyl/N-ethyl adjacent to an activating group) is 2. The molecular formula is C18H38I2N2O2. The third kappa shape index (κ3) is 9.85. The molecule has 0 aromatic rings. The van der Waals surface area contributed by atoms with E-state index in [2.05, 4.69) is 14.1 Å². The fourth-order valence-electron chi connectivity index (χ4n) is 3.89. The molecule has 146 valence electrons.